The number of hydrogen-bond donors (Lipinski definition) is 0. The lowest BCUT2D eigenvalue weighted by Crippen LogP contribution is -2.22. The summed E-state index contributed by atoms with van der Waals surface area (Å²) in [6.07, 6.45) is 4.03. The Bertz CT molecular complexity index is 798. The molecule has 31 heavy (non-hydrogen) atoms. The van der Waals surface area contributed by atoms with Crippen LogP contribution in [0.25, 0.3) is 0 Å². The van der Waals surface area contributed by atoms with Gasteiger partial charge in [0.15, 0.2) is 0 Å². The van der Waals surface area contributed by atoms with Gasteiger partial charge in [0.1, 0.15) is 23.0 Å². The van der Waals surface area contributed by atoms with Crippen LogP contribution in [0.4, 0.5) is 0 Å². The van der Waals surface area contributed by atoms with Gasteiger partial charge < -0.3 is 18.9 Å². The summed E-state index contributed by atoms with van der Waals surface area (Å²) < 4.78 is 21.8. The van der Waals surface area contributed by atoms with Gasteiger partial charge in [0.25, 0.3) is 0 Å². The number of unbranched alkanes of at least 4 members (excludes halogenated alkanes) is 2. The number of hydrogen-bond acceptors (Lipinski definition) is 6. The van der Waals surface area contributed by atoms with Crippen LogP contribution >= 0.6 is 0 Å². The largest absolute Gasteiger partial charge is 0.494 e. The smallest absolute Gasteiger partial charge is 0.314 e. The lowest BCUT2D eigenvalue weighted by Gasteiger charge is -2.12. The zero-order chi connectivity index (χ0) is 22.5. The summed E-state index contributed by atoms with van der Waals surface area (Å²) in [6, 6.07) is 13.7. The molecule has 0 aliphatic rings. The molecule has 0 bridgehead atoms. The summed E-state index contributed by atoms with van der Waals surface area (Å²) in [6.45, 7) is 7.15. The van der Waals surface area contributed by atoms with Crippen LogP contribution < -0.4 is 18.9 Å². The Kier molecular flexibility index (Phi) is 10.4. The number of esters is 2. The van der Waals surface area contributed by atoms with Crippen LogP contribution in [0, 0.1) is 5.92 Å². The fourth-order valence-corrected chi connectivity index (χ4v) is 2.60. The van der Waals surface area contributed by atoms with E-state index in [0.29, 0.717) is 24.7 Å². The van der Waals surface area contributed by atoms with Gasteiger partial charge in [0, 0.05) is 0 Å². The summed E-state index contributed by atoms with van der Waals surface area (Å²) in [7, 11) is 0. The van der Waals surface area contributed by atoms with Gasteiger partial charge in [0.2, 0.25) is 0 Å². The van der Waals surface area contributed by atoms with E-state index in [2.05, 4.69) is 13.8 Å². The number of rotatable bonds is 13. The minimum Gasteiger partial charge on any atom is -0.494 e. The highest BCUT2D eigenvalue weighted by Gasteiger charge is 2.20. The van der Waals surface area contributed by atoms with Crippen molar-refractivity contribution in [2.24, 2.45) is 5.92 Å². The van der Waals surface area contributed by atoms with Crippen molar-refractivity contribution >= 4 is 11.9 Å². The molecule has 0 aromatic heterocycles. The van der Waals surface area contributed by atoms with E-state index in [9.17, 15) is 9.59 Å². The SMILES string of the molecule is CCCCOc1ccc(OC(=O)CC(C)C(=O)Oc2ccc(OCCCC)cc2)cc1. The highest BCUT2D eigenvalue weighted by molar-refractivity contribution is 5.82. The second-order valence-corrected chi connectivity index (χ2v) is 7.35. The van der Waals surface area contributed by atoms with Crippen molar-refractivity contribution in [3.63, 3.8) is 0 Å². The zero-order valence-corrected chi connectivity index (χ0v) is 18.6. The Morgan fingerprint density at radius 1 is 0.710 bits per heavy atom. The number of carbonyl (C=O) groups is 2. The van der Waals surface area contributed by atoms with E-state index in [1.807, 2.05) is 0 Å². The van der Waals surface area contributed by atoms with E-state index in [4.69, 9.17) is 18.9 Å². The molecule has 0 spiro atoms. The van der Waals surface area contributed by atoms with Crippen molar-refractivity contribution in [3.05, 3.63) is 48.5 Å². The Morgan fingerprint density at radius 3 is 1.58 bits per heavy atom. The molecule has 168 valence electrons. The average Bonchev–Trinajstić information content (AvgIpc) is 2.76. The maximum absolute atomic E-state index is 12.3. The molecule has 0 saturated carbocycles. The maximum atomic E-state index is 12.3. The maximum Gasteiger partial charge on any atom is 0.314 e. The van der Waals surface area contributed by atoms with E-state index in [-0.39, 0.29) is 6.42 Å². The van der Waals surface area contributed by atoms with Crippen molar-refractivity contribution in [2.45, 2.75) is 52.9 Å². The summed E-state index contributed by atoms with van der Waals surface area (Å²) in [5.41, 5.74) is 0. The van der Waals surface area contributed by atoms with Crippen LogP contribution in [0.2, 0.25) is 0 Å². The normalized spacial score (nSPS) is 11.5. The molecule has 0 N–H and O–H groups in total. The fourth-order valence-electron chi connectivity index (χ4n) is 2.60. The third-order valence-electron chi connectivity index (χ3n) is 4.51. The van der Waals surface area contributed by atoms with E-state index < -0.39 is 17.9 Å². The van der Waals surface area contributed by atoms with E-state index in [0.717, 1.165) is 37.2 Å². The van der Waals surface area contributed by atoms with Crippen LogP contribution in [-0.2, 0) is 9.59 Å². The molecule has 2 rings (SSSR count). The second-order valence-electron chi connectivity index (χ2n) is 7.35. The first kappa shape index (κ1) is 24.3. The standard InChI is InChI=1S/C25H32O6/c1-4-6-16-28-20-8-12-22(13-9-20)30-24(26)18-19(3)25(27)31-23-14-10-21(11-15-23)29-17-7-5-2/h8-15,19H,4-7,16-18H2,1-3H3. The lowest BCUT2D eigenvalue weighted by molar-refractivity contribution is -0.144. The fraction of sp³-hybridized carbons (Fsp3) is 0.440. The zero-order valence-electron chi connectivity index (χ0n) is 18.6. The Hall–Kier alpha value is -3.02. The molecule has 0 heterocycles. The number of carbonyl (C=O) groups excluding carboxylic acids is 2. The van der Waals surface area contributed by atoms with E-state index in [1.54, 1.807) is 55.5 Å². The van der Waals surface area contributed by atoms with E-state index in [1.165, 1.54) is 0 Å². The monoisotopic (exact) mass is 428 g/mol. The van der Waals surface area contributed by atoms with Crippen LogP contribution in [-0.4, -0.2) is 25.2 Å². The third-order valence-corrected chi connectivity index (χ3v) is 4.51. The predicted octanol–water partition coefficient (Wildman–Crippen LogP) is 5.58. The molecule has 0 radical (unpaired) electrons. The Balaban J connectivity index is 1.76. The summed E-state index contributed by atoms with van der Waals surface area (Å²) in [5.74, 6) is 0.655. The van der Waals surface area contributed by atoms with Crippen LogP contribution in [0.15, 0.2) is 48.5 Å². The molecule has 0 saturated heterocycles. The molecule has 2 aromatic carbocycles. The Morgan fingerprint density at radius 2 is 1.13 bits per heavy atom. The minimum atomic E-state index is -0.635. The van der Waals surface area contributed by atoms with Crippen LogP contribution in [0.5, 0.6) is 23.0 Å². The summed E-state index contributed by atoms with van der Waals surface area (Å²) in [5, 5.41) is 0. The predicted molar refractivity (Wildman–Crippen MR) is 119 cm³/mol. The molecule has 2 aromatic rings. The summed E-state index contributed by atoms with van der Waals surface area (Å²) >= 11 is 0. The molecule has 0 amide bonds. The number of benzene rings is 2. The van der Waals surface area contributed by atoms with Gasteiger partial charge in [-0.1, -0.05) is 33.6 Å². The van der Waals surface area contributed by atoms with Crippen LogP contribution in [0.3, 0.4) is 0 Å². The molecule has 1 atom stereocenters. The highest BCUT2D eigenvalue weighted by atomic mass is 16.5. The molecule has 6 heteroatoms. The Labute approximate surface area is 184 Å². The lowest BCUT2D eigenvalue weighted by atomic mass is 10.1. The van der Waals surface area contributed by atoms with Crippen molar-refractivity contribution < 1.29 is 28.5 Å². The van der Waals surface area contributed by atoms with Crippen LogP contribution in [0.1, 0.15) is 52.9 Å². The molecule has 0 fully saturated rings. The molecule has 6 nitrogen and oxygen atoms in total. The molecular formula is C25H32O6. The topological polar surface area (TPSA) is 71.1 Å². The number of ether oxygens (including phenoxy) is 4. The van der Waals surface area contributed by atoms with Gasteiger partial charge in [-0.25, -0.2) is 0 Å². The van der Waals surface area contributed by atoms with Crippen molar-refractivity contribution in [3.8, 4) is 23.0 Å². The summed E-state index contributed by atoms with van der Waals surface area (Å²) in [4.78, 5) is 24.5. The highest BCUT2D eigenvalue weighted by Crippen LogP contribution is 2.21. The molecule has 0 aliphatic heterocycles. The van der Waals surface area contributed by atoms with E-state index >= 15 is 0 Å². The van der Waals surface area contributed by atoms with Gasteiger partial charge in [-0.05, 0) is 61.4 Å². The van der Waals surface area contributed by atoms with Crippen molar-refractivity contribution in [1.82, 2.24) is 0 Å². The van der Waals surface area contributed by atoms with Crippen molar-refractivity contribution in [1.29, 1.82) is 0 Å². The second kappa shape index (κ2) is 13.3. The average molecular weight is 429 g/mol. The van der Waals surface area contributed by atoms with Gasteiger partial charge >= 0.3 is 11.9 Å². The van der Waals surface area contributed by atoms with Gasteiger partial charge in [-0.2, -0.15) is 0 Å². The minimum absolute atomic E-state index is 0.0776. The molecule has 0 aliphatic carbocycles. The molecular weight excluding hydrogens is 396 g/mol. The third kappa shape index (κ3) is 9.11. The first-order valence-electron chi connectivity index (χ1n) is 10.9. The van der Waals surface area contributed by atoms with Gasteiger partial charge in [0.05, 0.1) is 25.6 Å². The quantitative estimate of drug-likeness (QED) is 0.236. The molecule has 1 unspecified atom stereocenters. The van der Waals surface area contributed by atoms with Crippen molar-refractivity contribution in [2.75, 3.05) is 13.2 Å². The first-order chi connectivity index (χ1) is 15.0. The van der Waals surface area contributed by atoms with Gasteiger partial charge in [-0.3, -0.25) is 9.59 Å². The first-order valence-corrected chi connectivity index (χ1v) is 10.9. The van der Waals surface area contributed by atoms with Gasteiger partial charge in [-0.15, -0.1) is 0 Å².